The van der Waals surface area contributed by atoms with E-state index in [0.717, 1.165) is 0 Å². The van der Waals surface area contributed by atoms with Crippen LogP contribution in [0, 0.1) is 0 Å². The van der Waals surface area contributed by atoms with E-state index in [1.54, 1.807) is 0 Å². The van der Waals surface area contributed by atoms with E-state index in [1.165, 1.54) is 0 Å². The molecule has 0 aromatic heterocycles. The smallest absolute Gasteiger partial charge is 0.442 e. The highest BCUT2D eigenvalue weighted by molar-refractivity contribution is 7.82. The number of hydrogen-bond donors (Lipinski definition) is 1. The van der Waals surface area contributed by atoms with Crippen molar-refractivity contribution < 1.29 is 31.4 Å². The molecule has 9 heteroatoms. The van der Waals surface area contributed by atoms with Gasteiger partial charge in [-0.2, -0.15) is 8.42 Å². The number of quaternary nitrogens is 1. The molecule has 0 rings (SSSR count). The van der Waals surface area contributed by atoms with E-state index in [1.807, 2.05) is 0 Å². The van der Waals surface area contributed by atoms with Crippen molar-refractivity contribution in [3.63, 3.8) is 0 Å². The molecule has 4 N–H and O–H groups in total. The van der Waals surface area contributed by atoms with Crippen molar-refractivity contribution in [1.29, 1.82) is 0 Å². The van der Waals surface area contributed by atoms with Crippen molar-refractivity contribution in [2.45, 2.75) is 25.7 Å². The SMILES string of the molecule is O=C(CCCCCF)OS(=O)(=O)O[O-].[NH4+]. The van der Waals surface area contributed by atoms with Gasteiger partial charge in [0.05, 0.1) is 6.67 Å². The van der Waals surface area contributed by atoms with Gasteiger partial charge in [-0.25, -0.2) is 0 Å². The predicted octanol–water partition coefficient (Wildman–Crippen LogP) is -0.0276. The Morgan fingerprint density at radius 3 is 2.33 bits per heavy atom. The summed E-state index contributed by atoms with van der Waals surface area (Å²) in [4.78, 5) is 10.7. The number of halogens is 1. The molecule has 0 radical (unpaired) electrons. The molecule has 0 spiro atoms. The first-order valence-corrected chi connectivity index (χ1v) is 5.20. The summed E-state index contributed by atoms with van der Waals surface area (Å²) in [6, 6.07) is 0. The van der Waals surface area contributed by atoms with E-state index in [2.05, 4.69) is 8.52 Å². The van der Waals surface area contributed by atoms with E-state index in [0.29, 0.717) is 19.3 Å². The van der Waals surface area contributed by atoms with Gasteiger partial charge in [-0.05, 0) is 12.8 Å². The van der Waals surface area contributed by atoms with Crippen LogP contribution in [-0.2, 0) is 23.7 Å². The molecule has 0 aliphatic heterocycles. The molecule has 0 aliphatic carbocycles. The lowest BCUT2D eigenvalue weighted by Crippen LogP contribution is -2.20. The summed E-state index contributed by atoms with van der Waals surface area (Å²) < 4.78 is 38.4. The maximum atomic E-state index is 11.6. The molecular formula is C6H14FNO6S. The largest absolute Gasteiger partial charge is 0.704 e. The second kappa shape index (κ2) is 8.53. The van der Waals surface area contributed by atoms with Crippen LogP contribution in [0.3, 0.4) is 0 Å². The first-order valence-electron chi connectivity index (χ1n) is 3.86. The third-order valence-corrected chi connectivity index (χ3v) is 1.85. The number of unbranched alkanes of at least 4 members (excludes halogenated alkanes) is 2. The van der Waals surface area contributed by atoms with Crippen molar-refractivity contribution in [3.8, 4) is 0 Å². The molecule has 0 aliphatic rings. The molecule has 0 bridgehead atoms. The van der Waals surface area contributed by atoms with Gasteiger partial charge >= 0.3 is 16.4 Å². The minimum Gasteiger partial charge on any atom is -0.704 e. The van der Waals surface area contributed by atoms with E-state index in [4.69, 9.17) is 0 Å². The Labute approximate surface area is 87.0 Å². The molecule has 0 saturated carbocycles. The summed E-state index contributed by atoms with van der Waals surface area (Å²) in [5.74, 6) is -1.08. The quantitative estimate of drug-likeness (QED) is 0.382. The fourth-order valence-electron chi connectivity index (χ4n) is 0.710. The van der Waals surface area contributed by atoms with Gasteiger partial charge < -0.3 is 19.9 Å². The van der Waals surface area contributed by atoms with Gasteiger partial charge in [-0.1, -0.05) is 6.42 Å². The average molecular weight is 247 g/mol. The van der Waals surface area contributed by atoms with Gasteiger partial charge in [0.2, 0.25) is 0 Å². The average Bonchev–Trinajstić information content (AvgIpc) is 2.12. The van der Waals surface area contributed by atoms with Crippen molar-refractivity contribution in [2.24, 2.45) is 0 Å². The summed E-state index contributed by atoms with van der Waals surface area (Å²) in [5, 5.41) is 9.45. The second-order valence-corrected chi connectivity index (χ2v) is 3.55. The maximum Gasteiger partial charge on any atom is 0.442 e. The van der Waals surface area contributed by atoms with Gasteiger partial charge in [-0.15, -0.1) is 0 Å². The third kappa shape index (κ3) is 9.53. The third-order valence-electron chi connectivity index (χ3n) is 1.29. The summed E-state index contributed by atoms with van der Waals surface area (Å²) in [7, 11) is -4.74. The van der Waals surface area contributed by atoms with Crippen molar-refractivity contribution >= 4 is 16.4 Å². The van der Waals surface area contributed by atoms with Gasteiger partial charge in [0.1, 0.15) is 0 Å². The number of alkyl halides is 1. The number of rotatable bonds is 7. The van der Waals surface area contributed by atoms with Gasteiger partial charge in [0.25, 0.3) is 0 Å². The topological polar surface area (TPSA) is 129 Å². The first kappa shape index (κ1) is 16.7. The standard InChI is InChI=1S/C6H11FO6S.H3N/c7-5-3-1-2-4-6(8)12-14(10,11)13-9;/h9H,1-5H2;1H3. The normalized spacial score (nSPS) is 10.5. The highest BCUT2D eigenvalue weighted by atomic mass is 32.3. The fourth-order valence-corrected chi connectivity index (χ4v) is 1.05. The molecule has 0 fully saturated rings. The Morgan fingerprint density at radius 2 is 1.87 bits per heavy atom. The van der Waals surface area contributed by atoms with Crippen molar-refractivity contribution in [1.82, 2.24) is 6.15 Å². The number of carbonyl (C=O) groups is 1. The minimum atomic E-state index is -4.74. The Morgan fingerprint density at radius 1 is 1.27 bits per heavy atom. The molecule has 0 aromatic rings. The lowest BCUT2D eigenvalue weighted by molar-refractivity contribution is -0.637. The molecule has 0 atom stereocenters. The predicted molar refractivity (Wildman–Crippen MR) is 46.5 cm³/mol. The van der Waals surface area contributed by atoms with Crippen LogP contribution in [0.4, 0.5) is 4.39 Å². The van der Waals surface area contributed by atoms with E-state index >= 15 is 0 Å². The lowest BCUT2D eigenvalue weighted by Gasteiger charge is -2.06. The van der Waals surface area contributed by atoms with Gasteiger partial charge in [0.15, 0.2) is 0 Å². The summed E-state index contributed by atoms with van der Waals surface area (Å²) in [5.41, 5.74) is 0. The zero-order valence-corrected chi connectivity index (χ0v) is 9.09. The van der Waals surface area contributed by atoms with Crippen LogP contribution >= 0.6 is 0 Å². The molecular weight excluding hydrogens is 233 g/mol. The molecule has 0 amide bonds. The van der Waals surface area contributed by atoms with E-state index < -0.39 is 23.0 Å². The zero-order valence-electron chi connectivity index (χ0n) is 8.27. The number of carbonyl (C=O) groups excluding carboxylic acids is 1. The number of hydrogen-bond acceptors (Lipinski definition) is 6. The van der Waals surface area contributed by atoms with Crippen LogP contribution in [0.2, 0.25) is 0 Å². The van der Waals surface area contributed by atoms with Crippen LogP contribution in [0.25, 0.3) is 0 Å². The summed E-state index contributed by atoms with van der Waals surface area (Å²) in [6.07, 6.45) is 0.863. The molecule has 0 aromatic carbocycles. The van der Waals surface area contributed by atoms with Crippen molar-refractivity contribution in [3.05, 3.63) is 0 Å². The Kier molecular flexibility index (Phi) is 9.47. The van der Waals surface area contributed by atoms with Crippen LogP contribution in [-0.4, -0.2) is 21.1 Å². The molecule has 0 saturated heterocycles. The van der Waals surface area contributed by atoms with Gasteiger partial charge in [-0.3, -0.25) is 9.18 Å². The maximum absolute atomic E-state index is 11.6. The summed E-state index contributed by atoms with van der Waals surface area (Å²) >= 11 is 0. The Hall–Kier alpha value is -0.770. The molecule has 92 valence electrons. The van der Waals surface area contributed by atoms with Crippen LogP contribution in [0.1, 0.15) is 25.7 Å². The van der Waals surface area contributed by atoms with Gasteiger partial charge in [0, 0.05) is 6.42 Å². The molecule has 0 unspecified atom stereocenters. The Bertz CT molecular complexity index is 267. The second-order valence-electron chi connectivity index (χ2n) is 2.43. The highest BCUT2D eigenvalue weighted by Gasteiger charge is 2.13. The molecule has 0 heterocycles. The first-order chi connectivity index (χ1) is 6.52. The summed E-state index contributed by atoms with van der Waals surface area (Å²) in [6.45, 7) is -0.489. The van der Waals surface area contributed by atoms with Crippen molar-refractivity contribution in [2.75, 3.05) is 6.67 Å². The monoisotopic (exact) mass is 247 g/mol. The van der Waals surface area contributed by atoms with E-state index in [9.17, 15) is 22.9 Å². The lowest BCUT2D eigenvalue weighted by atomic mass is 10.2. The van der Waals surface area contributed by atoms with Crippen LogP contribution < -0.4 is 11.4 Å². The zero-order chi connectivity index (χ0) is 11.0. The highest BCUT2D eigenvalue weighted by Crippen LogP contribution is 2.03. The molecule has 7 nitrogen and oxygen atoms in total. The van der Waals surface area contributed by atoms with Crippen LogP contribution in [0.15, 0.2) is 0 Å². The minimum absolute atomic E-state index is 0. The molecule has 15 heavy (non-hydrogen) atoms. The fraction of sp³-hybridized carbons (Fsp3) is 0.833. The Balaban J connectivity index is 0. The van der Waals surface area contributed by atoms with E-state index in [-0.39, 0.29) is 12.6 Å². The van der Waals surface area contributed by atoms with Crippen LogP contribution in [0.5, 0.6) is 0 Å².